The fourth-order valence-corrected chi connectivity index (χ4v) is 4.12. The minimum atomic E-state index is -1.33. The Balaban J connectivity index is 1.97. The molecule has 0 N–H and O–H groups in total. The molecule has 0 spiro atoms. The lowest BCUT2D eigenvalue weighted by molar-refractivity contribution is -0.660. The van der Waals surface area contributed by atoms with Crippen LogP contribution in [0.4, 0.5) is 0 Å². The Hall–Kier alpha value is -2.41. The molecule has 0 saturated heterocycles. The lowest BCUT2D eigenvalue weighted by atomic mass is 9.81. The Morgan fingerprint density at radius 3 is 2.44 bits per heavy atom. The highest BCUT2D eigenvalue weighted by Crippen LogP contribution is 2.50. The third-order valence-electron chi connectivity index (χ3n) is 5.64. The van der Waals surface area contributed by atoms with Crippen molar-refractivity contribution in [3.63, 3.8) is 0 Å². The molecular formula is C24H26N+. The van der Waals surface area contributed by atoms with Crippen LogP contribution in [0.25, 0.3) is 22.4 Å². The summed E-state index contributed by atoms with van der Waals surface area (Å²) in [6, 6.07) is 17.0. The average Bonchev–Trinajstić information content (AvgIpc) is 2.81. The molecule has 1 nitrogen and oxygen atoms in total. The highest BCUT2D eigenvalue weighted by atomic mass is 14.9. The molecule has 1 aliphatic rings. The summed E-state index contributed by atoms with van der Waals surface area (Å²) < 4.78 is 18.3. The predicted octanol–water partition coefficient (Wildman–Crippen LogP) is 5.36. The molecule has 2 aromatic carbocycles. The highest BCUT2D eigenvalue weighted by Gasteiger charge is 2.36. The van der Waals surface area contributed by atoms with Crippen LogP contribution in [0.5, 0.6) is 0 Å². The van der Waals surface area contributed by atoms with E-state index in [0.29, 0.717) is 0 Å². The summed E-state index contributed by atoms with van der Waals surface area (Å²) in [5.41, 5.74) is 9.36. The van der Waals surface area contributed by atoms with Crippen molar-refractivity contribution in [3.8, 4) is 22.4 Å². The predicted molar refractivity (Wildman–Crippen MR) is 105 cm³/mol. The van der Waals surface area contributed by atoms with E-state index < -0.39 is 6.37 Å². The van der Waals surface area contributed by atoms with E-state index in [0.717, 1.165) is 5.56 Å². The van der Waals surface area contributed by atoms with Crippen LogP contribution >= 0.6 is 0 Å². The zero-order chi connectivity index (χ0) is 19.6. The molecule has 1 aliphatic carbocycles. The Labute approximate surface area is 153 Å². The fraction of sp³-hybridized carbons (Fsp3) is 0.292. The van der Waals surface area contributed by atoms with E-state index >= 15 is 0 Å². The van der Waals surface area contributed by atoms with Crippen LogP contribution in [0.3, 0.4) is 0 Å². The molecule has 0 amide bonds. The Kier molecular flexibility index (Phi) is 3.07. The summed E-state index contributed by atoms with van der Waals surface area (Å²) in [6.45, 7) is 8.29. The number of hydrogen-bond donors (Lipinski definition) is 0. The van der Waals surface area contributed by atoms with Gasteiger partial charge in [0, 0.05) is 25.9 Å². The van der Waals surface area contributed by atoms with Crippen molar-refractivity contribution < 1.29 is 7.31 Å². The second-order valence-electron chi connectivity index (χ2n) is 7.54. The lowest BCUT2D eigenvalue weighted by Gasteiger charge is -2.22. The molecule has 126 valence electrons. The Bertz CT molecular complexity index is 1060. The number of benzene rings is 2. The van der Waals surface area contributed by atoms with Gasteiger partial charge < -0.3 is 0 Å². The summed E-state index contributed by atoms with van der Waals surface area (Å²) in [5, 5.41) is 0. The van der Waals surface area contributed by atoms with Gasteiger partial charge in [0.1, 0.15) is 7.05 Å². The van der Waals surface area contributed by atoms with Crippen LogP contribution < -0.4 is 4.57 Å². The zero-order valence-corrected chi connectivity index (χ0v) is 15.6. The van der Waals surface area contributed by atoms with Gasteiger partial charge in [-0.1, -0.05) is 45.0 Å². The van der Waals surface area contributed by atoms with Crippen LogP contribution in [0, 0.1) is 6.92 Å². The minimum Gasteiger partial charge on any atom is -0.201 e. The van der Waals surface area contributed by atoms with Gasteiger partial charge in [0.15, 0.2) is 6.20 Å². The summed E-state index contributed by atoms with van der Waals surface area (Å²) in [7, 11) is 2.08. The third kappa shape index (κ3) is 2.33. The van der Waals surface area contributed by atoms with Crippen LogP contribution in [0.1, 0.15) is 45.8 Å². The van der Waals surface area contributed by atoms with E-state index in [4.69, 9.17) is 2.74 Å². The molecule has 0 radical (unpaired) electrons. The van der Waals surface area contributed by atoms with Crippen LogP contribution in [-0.4, -0.2) is 0 Å². The molecule has 0 atom stereocenters. The van der Waals surface area contributed by atoms with Crippen LogP contribution in [0.15, 0.2) is 54.7 Å². The quantitative estimate of drug-likeness (QED) is 0.557. The van der Waals surface area contributed by atoms with Crippen molar-refractivity contribution in [2.45, 2.75) is 39.5 Å². The molecule has 4 rings (SSSR count). The molecule has 0 saturated carbocycles. The number of aromatic nitrogens is 1. The number of rotatable bonds is 2. The maximum absolute atomic E-state index is 8.09. The van der Waals surface area contributed by atoms with Gasteiger partial charge in [0.2, 0.25) is 5.69 Å². The van der Waals surface area contributed by atoms with Gasteiger partial charge in [-0.3, -0.25) is 0 Å². The third-order valence-corrected chi connectivity index (χ3v) is 5.64. The van der Waals surface area contributed by atoms with Gasteiger partial charge in [-0.2, -0.15) is 0 Å². The van der Waals surface area contributed by atoms with Gasteiger partial charge in [0.05, 0.1) is 0 Å². The molecule has 1 heterocycles. The fourth-order valence-electron chi connectivity index (χ4n) is 4.12. The van der Waals surface area contributed by atoms with Gasteiger partial charge in [0.25, 0.3) is 0 Å². The van der Waals surface area contributed by atoms with Crippen LogP contribution in [-0.2, 0) is 18.8 Å². The Morgan fingerprint density at radius 1 is 0.960 bits per heavy atom. The van der Waals surface area contributed by atoms with E-state index in [1.54, 1.807) is 6.92 Å². The first kappa shape index (κ1) is 13.8. The van der Waals surface area contributed by atoms with Crippen molar-refractivity contribution in [1.29, 1.82) is 0 Å². The number of fused-ring (bicyclic) bond motifs is 3. The van der Waals surface area contributed by atoms with Gasteiger partial charge in [-0.15, -0.1) is 0 Å². The van der Waals surface area contributed by atoms with Crippen molar-refractivity contribution in [1.82, 2.24) is 0 Å². The molecule has 1 heteroatoms. The van der Waals surface area contributed by atoms with Crippen molar-refractivity contribution in [2.75, 3.05) is 0 Å². The van der Waals surface area contributed by atoms with E-state index in [9.17, 15) is 0 Å². The van der Waals surface area contributed by atoms with Crippen molar-refractivity contribution in [2.24, 2.45) is 7.05 Å². The SMILES string of the molecule is [2H]C([2H])(C)c1ccc2c(c1)C(C)(C)c1cc(C)c(-c3cccc[n+]3C)cc1-2. The van der Waals surface area contributed by atoms with Gasteiger partial charge in [-0.25, -0.2) is 4.57 Å². The van der Waals surface area contributed by atoms with E-state index in [1.165, 1.54) is 39.1 Å². The largest absolute Gasteiger partial charge is 0.212 e. The minimum absolute atomic E-state index is 0.131. The van der Waals surface area contributed by atoms with Crippen molar-refractivity contribution in [3.05, 3.63) is 77.0 Å². The summed E-state index contributed by atoms with van der Waals surface area (Å²) >= 11 is 0. The molecular weight excluding hydrogens is 302 g/mol. The first-order valence-electron chi connectivity index (χ1n) is 9.86. The lowest BCUT2D eigenvalue weighted by Crippen LogP contribution is -2.30. The van der Waals surface area contributed by atoms with E-state index in [2.05, 4.69) is 75.0 Å². The maximum atomic E-state index is 8.09. The molecule has 0 bridgehead atoms. The van der Waals surface area contributed by atoms with E-state index in [-0.39, 0.29) is 5.41 Å². The molecule has 25 heavy (non-hydrogen) atoms. The first-order valence-corrected chi connectivity index (χ1v) is 8.86. The molecule has 3 aromatic rings. The standard InChI is InChI=1S/C24H26N/c1-6-17-10-11-18-20-15-19(23-9-7-8-12-25(23)5)16(2)13-21(20)24(3,4)22(18)14-17/h7-15H,6H2,1-5H3/q+1/i6D2. The van der Waals surface area contributed by atoms with Crippen LogP contribution in [0.2, 0.25) is 0 Å². The van der Waals surface area contributed by atoms with Crippen molar-refractivity contribution >= 4 is 0 Å². The summed E-state index contributed by atoms with van der Waals surface area (Å²) in [6.07, 6.45) is 0.744. The van der Waals surface area contributed by atoms with Gasteiger partial charge >= 0.3 is 0 Å². The molecule has 0 unspecified atom stereocenters. The first-order chi connectivity index (χ1) is 12.6. The molecule has 0 fully saturated rings. The summed E-state index contributed by atoms with van der Waals surface area (Å²) in [5.74, 6) is 0. The van der Waals surface area contributed by atoms with E-state index in [1.807, 2.05) is 12.1 Å². The second kappa shape index (κ2) is 5.56. The normalized spacial score (nSPS) is 16.0. The Morgan fingerprint density at radius 2 is 1.72 bits per heavy atom. The average molecular weight is 330 g/mol. The summed E-state index contributed by atoms with van der Waals surface area (Å²) in [4.78, 5) is 0. The molecule has 1 aromatic heterocycles. The number of pyridine rings is 1. The smallest absolute Gasteiger partial charge is 0.201 e. The number of aryl methyl sites for hydroxylation is 3. The second-order valence-corrected chi connectivity index (χ2v) is 7.54. The zero-order valence-electron chi connectivity index (χ0n) is 17.6. The number of nitrogens with zero attached hydrogens (tertiary/aromatic N) is 1. The highest BCUT2D eigenvalue weighted by molar-refractivity contribution is 5.85. The maximum Gasteiger partial charge on any atom is 0.212 e. The van der Waals surface area contributed by atoms with Gasteiger partial charge in [-0.05, 0) is 58.8 Å². The molecule has 0 aliphatic heterocycles. The monoisotopic (exact) mass is 330 g/mol. The number of hydrogen-bond acceptors (Lipinski definition) is 0. The topological polar surface area (TPSA) is 3.88 Å².